The summed E-state index contributed by atoms with van der Waals surface area (Å²) < 4.78 is 27.1. The molecule has 0 radical (unpaired) electrons. The molecule has 0 spiro atoms. The minimum atomic E-state index is -1.15. The maximum absolute atomic E-state index is 13.5. The molecule has 2 atom stereocenters. The molecule has 2 unspecified atom stereocenters. The summed E-state index contributed by atoms with van der Waals surface area (Å²) in [7, 11) is 0. The van der Waals surface area contributed by atoms with Gasteiger partial charge in [0.1, 0.15) is 11.6 Å². The zero-order chi connectivity index (χ0) is 14.1. The molecular formula is C15H20F2N2O. The predicted octanol–water partition coefficient (Wildman–Crippen LogP) is 1.82. The molecule has 0 amide bonds. The second-order valence-corrected chi connectivity index (χ2v) is 5.77. The molecule has 5 heteroatoms. The summed E-state index contributed by atoms with van der Waals surface area (Å²) >= 11 is 0. The van der Waals surface area contributed by atoms with E-state index in [9.17, 15) is 13.9 Å². The molecule has 110 valence electrons. The summed E-state index contributed by atoms with van der Waals surface area (Å²) in [6, 6.07) is 4.70. The number of halogens is 2. The van der Waals surface area contributed by atoms with Crippen LogP contribution in [0.2, 0.25) is 0 Å². The van der Waals surface area contributed by atoms with E-state index >= 15 is 0 Å². The summed E-state index contributed by atoms with van der Waals surface area (Å²) in [5.41, 5.74) is -0.239. The van der Waals surface area contributed by atoms with Crippen molar-refractivity contribution in [3.63, 3.8) is 0 Å². The van der Waals surface area contributed by atoms with Gasteiger partial charge in [-0.3, -0.25) is 4.90 Å². The Balaban J connectivity index is 1.53. The third kappa shape index (κ3) is 3.00. The SMILES string of the molecule is OC(CNC1CCN(C2CC2)C1)c1c(F)cccc1F. The summed E-state index contributed by atoms with van der Waals surface area (Å²) in [5, 5.41) is 13.2. The van der Waals surface area contributed by atoms with E-state index in [1.807, 2.05) is 0 Å². The lowest BCUT2D eigenvalue weighted by atomic mass is 10.1. The Morgan fingerprint density at radius 1 is 1.25 bits per heavy atom. The monoisotopic (exact) mass is 282 g/mol. The topological polar surface area (TPSA) is 35.5 Å². The lowest BCUT2D eigenvalue weighted by molar-refractivity contribution is 0.160. The van der Waals surface area contributed by atoms with Crippen LogP contribution in [0.5, 0.6) is 0 Å². The number of rotatable bonds is 5. The Morgan fingerprint density at radius 2 is 1.95 bits per heavy atom. The summed E-state index contributed by atoms with van der Waals surface area (Å²) in [4.78, 5) is 2.45. The second-order valence-electron chi connectivity index (χ2n) is 5.77. The minimum Gasteiger partial charge on any atom is -0.387 e. The molecular weight excluding hydrogens is 262 g/mol. The van der Waals surface area contributed by atoms with Crippen molar-refractivity contribution in [2.24, 2.45) is 0 Å². The van der Waals surface area contributed by atoms with Gasteiger partial charge >= 0.3 is 0 Å². The Bertz CT molecular complexity index is 459. The van der Waals surface area contributed by atoms with Crippen LogP contribution in [0.15, 0.2) is 18.2 Å². The van der Waals surface area contributed by atoms with Crippen molar-refractivity contribution in [1.29, 1.82) is 0 Å². The molecule has 2 fully saturated rings. The average Bonchev–Trinajstić information content (AvgIpc) is 3.16. The molecule has 3 nitrogen and oxygen atoms in total. The number of nitrogens with zero attached hydrogens (tertiary/aromatic N) is 1. The van der Waals surface area contributed by atoms with Crippen molar-refractivity contribution in [2.75, 3.05) is 19.6 Å². The Morgan fingerprint density at radius 3 is 2.60 bits per heavy atom. The van der Waals surface area contributed by atoms with Crippen LogP contribution in [-0.4, -0.2) is 41.7 Å². The standard InChI is InChI=1S/C15H20F2N2O/c16-12-2-1-3-13(17)15(12)14(20)8-18-10-6-7-19(9-10)11-4-5-11/h1-3,10-11,14,18,20H,4-9H2. The summed E-state index contributed by atoms with van der Waals surface area (Å²) in [6.45, 7) is 2.23. The van der Waals surface area contributed by atoms with Crippen LogP contribution in [-0.2, 0) is 0 Å². The van der Waals surface area contributed by atoms with Crippen LogP contribution in [0.3, 0.4) is 0 Å². The highest BCUT2D eigenvalue weighted by atomic mass is 19.1. The smallest absolute Gasteiger partial charge is 0.131 e. The highest BCUT2D eigenvalue weighted by molar-refractivity contribution is 5.22. The fourth-order valence-corrected chi connectivity index (χ4v) is 2.93. The van der Waals surface area contributed by atoms with Gasteiger partial charge in [0.05, 0.1) is 11.7 Å². The number of hydrogen-bond acceptors (Lipinski definition) is 3. The van der Waals surface area contributed by atoms with E-state index in [1.54, 1.807) is 0 Å². The molecule has 0 aromatic heterocycles. The molecule has 1 aromatic carbocycles. The number of likely N-dealkylation sites (tertiary alicyclic amines) is 1. The maximum atomic E-state index is 13.5. The first-order valence-corrected chi connectivity index (χ1v) is 7.24. The fourth-order valence-electron chi connectivity index (χ4n) is 2.93. The van der Waals surface area contributed by atoms with Crippen LogP contribution < -0.4 is 5.32 Å². The van der Waals surface area contributed by atoms with Crippen molar-refractivity contribution < 1.29 is 13.9 Å². The van der Waals surface area contributed by atoms with Gasteiger partial charge in [0, 0.05) is 31.7 Å². The van der Waals surface area contributed by atoms with E-state index in [0.29, 0.717) is 6.04 Å². The summed E-state index contributed by atoms with van der Waals surface area (Å²) in [6.07, 6.45) is 2.46. The van der Waals surface area contributed by atoms with Crippen molar-refractivity contribution in [2.45, 2.75) is 37.5 Å². The van der Waals surface area contributed by atoms with Gasteiger partial charge in [-0.05, 0) is 31.4 Å². The van der Waals surface area contributed by atoms with E-state index in [2.05, 4.69) is 10.2 Å². The van der Waals surface area contributed by atoms with Gasteiger partial charge in [-0.2, -0.15) is 0 Å². The van der Waals surface area contributed by atoms with Gasteiger partial charge in [0.15, 0.2) is 0 Å². The number of aliphatic hydroxyl groups is 1. The second kappa shape index (κ2) is 5.76. The molecule has 1 aliphatic heterocycles. The Kier molecular flexibility index (Phi) is 4.01. The van der Waals surface area contributed by atoms with E-state index in [1.165, 1.54) is 31.0 Å². The Labute approximate surface area is 117 Å². The van der Waals surface area contributed by atoms with E-state index < -0.39 is 17.7 Å². The third-order valence-corrected chi connectivity index (χ3v) is 4.22. The first-order valence-electron chi connectivity index (χ1n) is 7.24. The van der Waals surface area contributed by atoms with Crippen molar-refractivity contribution in [1.82, 2.24) is 10.2 Å². The first-order chi connectivity index (χ1) is 9.65. The number of nitrogens with one attached hydrogen (secondary N) is 1. The van der Waals surface area contributed by atoms with Gasteiger partial charge < -0.3 is 10.4 Å². The molecule has 1 aromatic rings. The van der Waals surface area contributed by atoms with Crippen LogP contribution in [0.1, 0.15) is 30.9 Å². The predicted molar refractivity (Wildman–Crippen MR) is 72.3 cm³/mol. The number of hydrogen-bond donors (Lipinski definition) is 2. The molecule has 2 N–H and O–H groups in total. The van der Waals surface area contributed by atoms with Crippen molar-refractivity contribution >= 4 is 0 Å². The van der Waals surface area contributed by atoms with Crippen molar-refractivity contribution in [3.8, 4) is 0 Å². The van der Waals surface area contributed by atoms with E-state index in [4.69, 9.17) is 0 Å². The third-order valence-electron chi connectivity index (χ3n) is 4.22. The van der Waals surface area contributed by atoms with Crippen LogP contribution in [0, 0.1) is 11.6 Å². The molecule has 1 aliphatic carbocycles. The van der Waals surface area contributed by atoms with Crippen LogP contribution in [0.4, 0.5) is 8.78 Å². The largest absolute Gasteiger partial charge is 0.387 e. The number of aliphatic hydroxyl groups excluding tert-OH is 1. The average molecular weight is 282 g/mol. The molecule has 3 rings (SSSR count). The number of benzene rings is 1. The zero-order valence-electron chi connectivity index (χ0n) is 11.4. The van der Waals surface area contributed by atoms with Gasteiger partial charge in [0.25, 0.3) is 0 Å². The van der Waals surface area contributed by atoms with Crippen LogP contribution in [0.25, 0.3) is 0 Å². The first kappa shape index (κ1) is 13.9. The van der Waals surface area contributed by atoms with Gasteiger partial charge in [0.2, 0.25) is 0 Å². The zero-order valence-corrected chi connectivity index (χ0v) is 11.4. The fraction of sp³-hybridized carbons (Fsp3) is 0.600. The Hall–Kier alpha value is -1.04. The van der Waals surface area contributed by atoms with Crippen LogP contribution >= 0.6 is 0 Å². The van der Waals surface area contributed by atoms with Gasteiger partial charge in [-0.25, -0.2) is 8.78 Å². The molecule has 2 aliphatic rings. The highest BCUT2D eigenvalue weighted by Crippen LogP contribution is 2.30. The lowest BCUT2D eigenvalue weighted by Crippen LogP contribution is -2.36. The normalized spacial score (nSPS) is 25.1. The van der Waals surface area contributed by atoms with Crippen molar-refractivity contribution in [3.05, 3.63) is 35.4 Å². The lowest BCUT2D eigenvalue weighted by Gasteiger charge is -2.18. The van der Waals surface area contributed by atoms with Gasteiger partial charge in [-0.1, -0.05) is 6.07 Å². The van der Waals surface area contributed by atoms with Gasteiger partial charge in [-0.15, -0.1) is 0 Å². The molecule has 20 heavy (non-hydrogen) atoms. The summed E-state index contributed by atoms with van der Waals surface area (Å²) in [5.74, 6) is -1.38. The molecule has 1 saturated heterocycles. The molecule has 1 heterocycles. The highest BCUT2D eigenvalue weighted by Gasteiger charge is 2.34. The minimum absolute atomic E-state index is 0.182. The maximum Gasteiger partial charge on any atom is 0.131 e. The molecule has 0 bridgehead atoms. The quantitative estimate of drug-likeness (QED) is 0.865. The van der Waals surface area contributed by atoms with E-state index in [-0.39, 0.29) is 12.1 Å². The van der Waals surface area contributed by atoms with E-state index in [0.717, 1.165) is 25.6 Å². The molecule has 1 saturated carbocycles.